The largest absolute Gasteiger partial charge is 0.393 e. The van der Waals surface area contributed by atoms with Crippen LogP contribution in [-0.4, -0.2) is 41.7 Å². The van der Waals surface area contributed by atoms with Gasteiger partial charge in [-0.05, 0) is 37.5 Å². The molecule has 2 rings (SSSR count). The van der Waals surface area contributed by atoms with Gasteiger partial charge in [0.2, 0.25) is 5.91 Å². The molecule has 1 fully saturated rings. The van der Waals surface area contributed by atoms with Crippen LogP contribution in [0, 0.1) is 6.92 Å². The van der Waals surface area contributed by atoms with Gasteiger partial charge in [0.1, 0.15) is 0 Å². The van der Waals surface area contributed by atoms with Crippen molar-refractivity contribution >= 4 is 23.2 Å². The lowest BCUT2D eigenvalue weighted by Gasteiger charge is -2.28. The van der Waals surface area contributed by atoms with E-state index in [1.807, 2.05) is 13.0 Å². The first-order valence-electron chi connectivity index (χ1n) is 6.51. The quantitative estimate of drug-likeness (QED) is 0.892. The van der Waals surface area contributed by atoms with Crippen molar-refractivity contribution in [1.29, 1.82) is 0 Å². The van der Waals surface area contributed by atoms with Crippen molar-refractivity contribution in [3.8, 4) is 0 Å². The fourth-order valence-corrected chi connectivity index (χ4v) is 2.37. The van der Waals surface area contributed by atoms with E-state index < -0.39 is 0 Å². The van der Waals surface area contributed by atoms with E-state index >= 15 is 0 Å². The minimum absolute atomic E-state index is 0.0400. The van der Waals surface area contributed by atoms with Gasteiger partial charge in [-0.1, -0.05) is 17.7 Å². The summed E-state index contributed by atoms with van der Waals surface area (Å²) in [6.45, 7) is 3.83. The van der Waals surface area contributed by atoms with Crippen molar-refractivity contribution in [2.45, 2.75) is 25.9 Å². The molecule has 0 aliphatic carbocycles. The summed E-state index contributed by atoms with van der Waals surface area (Å²) < 4.78 is 0. The number of carbonyl (C=O) groups excluding carboxylic acids is 1. The highest BCUT2D eigenvalue weighted by Crippen LogP contribution is 2.20. The van der Waals surface area contributed by atoms with E-state index in [-0.39, 0.29) is 12.0 Å². The first kappa shape index (κ1) is 14.3. The van der Waals surface area contributed by atoms with E-state index in [4.69, 9.17) is 11.6 Å². The van der Waals surface area contributed by atoms with E-state index in [1.54, 1.807) is 12.1 Å². The van der Waals surface area contributed by atoms with Crippen LogP contribution in [0.1, 0.15) is 18.4 Å². The van der Waals surface area contributed by atoms with Gasteiger partial charge >= 0.3 is 0 Å². The van der Waals surface area contributed by atoms with Crippen LogP contribution in [0.5, 0.6) is 0 Å². The van der Waals surface area contributed by atoms with Crippen molar-refractivity contribution in [3.05, 3.63) is 28.8 Å². The fourth-order valence-electron chi connectivity index (χ4n) is 2.20. The van der Waals surface area contributed by atoms with E-state index in [0.717, 1.165) is 37.2 Å². The number of benzene rings is 1. The van der Waals surface area contributed by atoms with Crippen molar-refractivity contribution in [3.63, 3.8) is 0 Å². The number of aliphatic hydroxyl groups excluding tert-OH is 1. The predicted molar refractivity (Wildman–Crippen MR) is 76.5 cm³/mol. The Labute approximate surface area is 118 Å². The molecular weight excluding hydrogens is 264 g/mol. The van der Waals surface area contributed by atoms with Gasteiger partial charge in [0.25, 0.3) is 0 Å². The molecule has 0 atom stereocenters. The minimum Gasteiger partial charge on any atom is -0.393 e. The maximum Gasteiger partial charge on any atom is 0.238 e. The van der Waals surface area contributed by atoms with Gasteiger partial charge in [-0.15, -0.1) is 0 Å². The molecule has 0 spiro atoms. The Balaban J connectivity index is 1.89. The highest BCUT2D eigenvalue weighted by Gasteiger charge is 2.19. The molecule has 0 bridgehead atoms. The summed E-state index contributed by atoms with van der Waals surface area (Å²) in [5.74, 6) is -0.0400. The predicted octanol–water partition coefficient (Wildman–Crippen LogP) is 2.04. The number of nitrogens with zero attached hydrogens (tertiary/aromatic N) is 1. The lowest BCUT2D eigenvalue weighted by Crippen LogP contribution is -2.40. The van der Waals surface area contributed by atoms with Crippen LogP contribution in [0.25, 0.3) is 0 Å². The lowest BCUT2D eigenvalue weighted by atomic mass is 10.1. The molecule has 104 valence electrons. The number of amides is 1. The summed E-state index contributed by atoms with van der Waals surface area (Å²) in [4.78, 5) is 14.0. The smallest absolute Gasteiger partial charge is 0.238 e. The normalized spacial score (nSPS) is 17.4. The van der Waals surface area contributed by atoms with Crippen LogP contribution in [-0.2, 0) is 4.79 Å². The highest BCUT2D eigenvalue weighted by molar-refractivity contribution is 6.31. The highest BCUT2D eigenvalue weighted by atomic mass is 35.5. The zero-order chi connectivity index (χ0) is 13.8. The molecule has 1 aromatic carbocycles. The van der Waals surface area contributed by atoms with Crippen LogP contribution in [0.2, 0.25) is 5.02 Å². The number of nitrogens with one attached hydrogen (secondary N) is 1. The van der Waals surface area contributed by atoms with Gasteiger partial charge in [0, 0.05) is 23.8 Å². The van der Waals surface area contributed by atoms with Crippen LogP contribution in [0.4, 0.5) is 5.69 Å². The van der Waals surface area contributed by atoms with Crippen molar-refractivity contribution in [1.82, 2.24) is 4.90 Å². The van der Waals surface area contributed by atoms with Gasteiger partial charge < -0.3 is 10.4 Å². The van der Waals surface area contributed by atoms with Crippen molar-refractivity contribution < 1.29 is 9.90 Å². The lowest BCUT2D eigenvalue weighted by molar-refractivity contribution is -0.117. The third-order valence-corrected chi connectivity index (χ3v) is 3.63. The van der Waals surface area contributed by atoms with E-state index in [9.17, 15) is 9.90 Å². The maximum atomic E-state index is 12.0. The molecule has 1 saturated heterocycles. The van der Waals surface area contributed by atoms with Gasteiger partial charge in [-0.3, -0.25) is 9.69 Å². The summed E-state index contributed by atoms with van der Waals surface area (Å²) >= 11 is 5.92. The molecule has 1 heterocycles. The molecule has 19 heavy (non-hydrogen) atoms. The van der Waals surface area contributed by atoms with E-state index in [2.05, 4.69) is 10.2 Å². The third-order valence-electron chi connectivity index (χ3n) is 3.40. The molecule has 4 nitrogen and oxygen atoms in total. The number of hydrogen-bond acceptors (Lipinski definition) is 3. The second kappa shape index (κ2) is 6.37. The second-order valence-electron chi connectivity index (χ2n) is 5.01. The third kappa shape index (κ3) is 4.20. The van der Waals surface area contributed by atoms with E-state index in [0.29, 0.717) is 11.6 Å². The molecular formula is C14H19ClN2O2. The number of hydrogen-bond donors (Lipinski definition) is 2. The Bertz CT molecular complexity index is 457. The first-order valence-corrected chi connectivity index (χ1v) is 6.89. The Morgan fingerprint density at radius 1 is 1.47 bits per heavy atom. The first-order chi connectivity index (χ1) is 9.04. The fraction of sp³-hybridized carbons (Fsp3) is 0.500. The molecule has 0 saturated carbocycles. The number of halogens is 1. The molecule has 0 radical (unpaired) electrons. The Morgan fingerprint density at radius 2 is 2.16 bits per heavy atom. The van der Waals surface area contributed by atoms with Crippen LogP contribution >= 0.6 is 11.6 Å². The number of anilines is 1. The SMILES string of the molecule is Cc1ccc(Cl)cc1NC(=O)CN1CCC(O)CC1. The second-order valence-corrected chi connectivity index (χ2v) is 5.45. The zero-order valence-electron chi connectivity index (χ0n) is 11.0. The monoisotopic (exact) mass is 282 g/mol. The molecule has 1 amide bonds. The molecule has 0 unspecified atom stereocenters. The Hall–Kier alpha value is -1.10. The van der Waals surface area contributed by atoms with Gasteiger partial charge in [-0.25, -0.2) is 0 Å². The standard InChI is InChI=1S/C14H19ClN2O2/c1-10-2-3-11(15)8-13(10)16-14(19)9-17-6-4-12(18)5-7-17/h2-3,8,12,18H,4-7,9H2,1H3,(H,16,19). The number of rotatable bonds is 3. The van der Waals surface area contributed by atoms with Gasteiger partial charge in [0.15, 0.2) is 0 Å². The number of aryl methyl sites for hydroxylation is 1. The summed E-state index contributed by atoms with van der Waals surface area (Å²) in [7, 11) is 0. The van der Waals surface area contributed by atoms with Crippen LogP contribution in [0.15, 0.2) is 18.2 Å². The minimum atomic E-state index is -0.213. The number of aliphatic hydroxyl groups is 1. The van der Waals surface area contributed by atoms with Crippen molar-refractivity contribution in [2.75, 3.05) is 25.0 Å². The molecule has 1 aromatic rings. The maximum absolute atomic E-state index is 12.0. The van der Waals surface area contributed by atoms with E-state index in [1.165, 1.54) is 0 Å². The number of piperidine rings is 1. The molecule has 1 aliphatic rings. The van der Waals surface area contributed by atoms with Crippen LogP contribution in [0.3, 0.4) is 0 Å². The topological polar surface area (TPSA) is 52.6 Å². The molecule has 2 N–H and O–H groups in total. The molecule has 0 aromatic heterocycles. The number of carbonyl (C=O) groups is 1. The Kier molecular flexibility index (Phi) is 4.80. The summed E-state index contributed by atoms with van der Waals surface area (Å²) in [6, 6.07) is 5.45. The van der Waals surface area contributed by atoms with Gasteiger partial charge in [-0.2, -0.15) is 0 Å². The zero-order valence-corrected chi connectivity index (χ0v) is 11.8. The van der Waals surface area contributed by atoms with Crippen LogP contribution < -0.4 is 5.32 Å². The summed E-state index contributed by atoms with van der Waals surface area (Å²) in [5.41, 5.74) is 1.75. The Morgan fingerprint density at radius 3 is 2.84 bits per heavy atom. The van der Waals surface area contributed by atoms with Gasteiger partial charge in [0.05, 0.1) is 12.6 Å². The average Bonchev–Trinajstić information content (AvgIpc) is 2.37. The molecule has 5 heteroatoms. The summed E-state index contributed by atoms with van der Waals surface area (Å²) in [5, 5.41) is 12.9. The van der Waals surface area contributed by atoms with Crippen molar-refractivity contribution in [2.24, 2.45) is 0 Å². The number of likely N-dealkylation sites (tertiary alicyclic amines) is 1. The average molecular weight is 283 g/mol. The summed E-state index contributed by atoms with van der Waals surface area (Å²) in [6.07, 6.45) is 1.27. The molecule has 1 aliphatic heterocycles.